The highest BCUT2D eigenvalue weighted by molar-refractivity contribution is 7.15. The third-order valence-electron chi connectivity index (χ3n) is 4.84. The number of non-ortho nitro benzene ring substituents is 1. The Hall–Kier alpha value is -3.76. The lowest BCUT2D eigenvalue weighted by Crippen LogP contribution is -2.17. The molecule has 168 valence electrons. The number of aromatic nitrogens is 2. The third-order valence-corrected chi connectivity index (χ3v) is 5.97. The average molecular weight is 485 g/mol. The second-order valence-electron chi connectivity index (χ2n) is 6.95. The molecule has 1 amide bonds. The van der Waals surface area contributed by atoms with Gasteiger partial charge in [0.15, 0.2) is 0 Å². The number of carbonyl (C=O) groups is 2. The normalized spacial score (nSPS) is 10.9. The Morgan fingerprint density at radius 3 is 2.82 bits per heavy atom. The number of rotatable bonds is 6. The fraction of sp³-hybridized carbons (Fsp3) is 0.136. The van der Waals surface area contributed by atoms with Gasteiger partial charge in [-0.2, -0.15) is 0 Å². The number of hydrogen-bond acceptors (Lipinski definition) is 7. The Balaban J connectivity index is 1.77. The van der Waals surface area contributed by atoms with Crippen LogP contribution in [0, 0.1) is 17.0 Å². The number of anilines is 1. The number of hydrogen-bond donors (Lipinski definition) is 1. The van der Waals surface area contributed by atoms with Crippen LogP contribution in [0.25, 0.3) is 16.8 Å². The minimum absolute atomic E-state index is 0.112. The molecular formula is C22H17ClN4O5S. The van der Waals surface area contributed by atoms with Crippen LogP contribution in [0.1, 0.15) is 33.5 Å². The maximum atomic E-state index is 13.2. The number of carbonyl (C=O) groups excluding carboxylic acids is 2. The third kappa shape index (κ3) is 4.30. The van der Waals surface area contributed by atoms with Crippen LogP contribution in [-0.4, -0.2) is 32.8 Å². The first kappa shape index (κ1) is 22.4. The minimum atomic E-state index is -0.641. The van der Waals surface area contributed by atoms with E-state index in [2.05, 4.69) is 10.3 Å². The molecule has 4 aromatic rings. The molecule has 0 unspecified atom stereocenters. The molecule has 0 atom stereocenters. The van der Waals surface area contributed by atoms with Crippen molar-refractivity contribution < 1.29 is 19.2 Å². The summed E-state index contributed by atoms with van der Waals surface area (Å²) in [6.07, 6.45) is 1.64. The van der Waals surface area contributed by atoms with Crippen molar-refractivity contribution >= 4 is 51.1 Å². The molecule has 0 aliphatic rings. The van der Waals surface area contributed by atoms with Gasteiger partial charge in [-0.25, -0.2) is 9.78 Å². The molecule has 0 saturated heterocycles. The van der Waals surface area contributed by atoms with Crippen LogP contribution < -0.4 is 5.32 Å². The molecule has 0 aliphatic carbocycles. The Morgan fingerprint density at radius 1 is 1.30 bits per heavy atom. The van der Waals surface area contributed by atoms with Gasteiger partial charge >= 0.3 is 5.97 Å². The Morgan fingerprint density at radius 2 is 2.09 bits per heavy atom. The minimum Gasteiger partial charge on any atom is -0.462 e. The highest BCUT2D eigenvalue weighted by Crippen LogP contribution is 2.37. The van der Waals surface area contributed by atoms with E-state index in [-0.39, 0.29) is 22.9 Å². The number of fused-ring (bicyclic) bond motifs is 1. The summed E-state index contributed by atoms with van der Waals surface area (Å²) in [4.78, 5) is 41.0. The van der Waals surface area contributed by atoms with Crippen molar-refractivity contribution in [1.29, 1.82) is 0 Å². The van der Waals surface area contributed by atoms with Crippen molar-refractivity contribution in [3.8, 4) is 11.1 Å². The van der Waals surface area contributed by atoms with Crippen molar-refractivity contribution in [3.05, 3.63) is 80.1 Å². The van der Waals surface area contributed by atoms with Crippen LogP contribution in [0.5, 0.6) is 0 Å². The van der Waals surface area contributed by atoms with E-state index in [1.807, 2.05) is 0 Å². The number of nitro benzene ring substituents is 1. The Kier molecular flexibility index (Phi) is 6.12. The molecule has 4 rings (SSSR count). The molecule has 3 heterocycles. The highest BCUT2D eigenvalue weighted by atomic mass is 35.5. The summed E-state index contributed by atoms with van der Waals surface area (Å²) < 4.78 is 6.80. The summed E-state index contributed by atoms with van der Waals surface area (Å²) in [5, 5.41) is 16.4. The lowest BCUT2D eigenvalue weighted by Gasteiger charge is -2.09. The van der Waals surface area contributed by atoms with Gasteiger partial charge in [0, 0.05) is 40.4 Å². The molecule has 0 fully saturated rings. The summed E-state index contributed by atoms with van der Waals surface area (Å²) in [5.74, 6) is -1.11. The number of nitro groups is 1. The van der Waals surface area contributed by atoms with Crippen molar-refractivity contribution in [3.63, 3.8) is 0 Å². The molecule has 1 aromatic carbocycles. The van der Waals surface area contributed by atoms with Crippen molar-refractivity contribution in [1.82, 2.24) is 9.38 Å². The molecule has 11 heteroatoms. The molecule has 0 spiro atoms. The number of aryl methyl sites for hydroxylation is 1. The Labute approximate surface area is 196 Å². The van der Waals surface area contributed by atoms with Crippen LogP contribution in [-0.2, 0) is 4.74 Å². The van der Waals surface area contributed by atoms with Crippen molar-refractivity contribution in [2.24, 2.45) is 0 Å². The highest BCUT2D eigenvalue weighted by Gasteiger charge is 2.25. The molecule has 3 aromatic heterocycles. The number of nitrogens with one attached hydrogen (secondary N) is 1. The molecule has 9 nitrogen and oxygen atoms in total. The molecule has 0 radical (unpaired) electrons. The van der Waals surface area contributed by atoms with E-state index in [4.69, 9.17) is 16.3 Å². The van der Waals surface area contributed by atoms with Gasteiger partial charge in [0.05, 0.1) is 17.2 Å². The number of halogens is 1. The number of thiophene rings is 1. The van der Waals surface area contributed by atoms with E-state index >= 15 is 0 Å². The average Bonchev–Trinajstić information content (AvgIpc) is 3.33. The predicted molar refractivity (Wildman–Crippen MR) is 125 cm³/mol. The van der Waals surface area contributed by atoms with Gasteiger partial charge in [-0.3, -0.25) is 19.3 Å². The van der Waals surface area contributed by atoms with E-state index in [0.29, 0.717) is 33.2 Å². The van der Waals surface area contributed by atoms with Crippen molar-refractivity contribution in [2.45, 2.75) is 13.8 Å². The summed E-state index contributed by atoms with van der Waals surface area (Å²) in [7, 11) is 0. The Bertz CT molecular complexity index is 1410. The van der Waals surface area contributed by atoms with Gasteiger partial charge in [0.1, 0.15) is 21.9 Å². The van der Waals surface area contributed by atoms with E-state index < -0.39 is 16.8 Å². The van der Waals surface area contributed by atoms with Gasteiger partial charge in [0.25, 0.3) is 11.6 Å². The van der Waals surface area contributed by atoms with Crippen molar-refractivity contribution in [2.75, 3.05) is 11.9 Å². The van der Waals surface area contributed by atoms with E-state index in [1.54, 1.807) is 48.0 Å². The number of ether oxygens (including phenoxy) is 1. The quantitative estimate of drug-likeness (QED) is 0.223. The van der Waals surface area contributed by atoms with Crippen LogP contribution in [0.4, 0.5) is 10.7 Å². The largest absolute Gasteiger partial charge is 0.462 e. The van der Waals surface area contributed by atoms with Crippen LogP contribution >= 0.6 is 22.9 Å². The van der Waals surface area contributed by atoms with E-state index in [0.717, 1.165) is 11.3 Å². The topological polar surface area (TPSA) is 116 Å². The maximum Gasteiger partial charge on any atom is 0.341 e. The summed E-state index contributed by atoms with van der Waals surface area (Å²) in [5.41, 5.74) is 2.21. The number of imidazole rings is 1. The monoisotopic (exact) mass is 484 g/mol. The van der Waals surface area contributed by atoms with E-state index in [1.165, 1.54) is 18.2 Å². The first-order valence-electron chi connectivity index (χ1n) is 9.79. The zero-order valence-electron chi connectivity index (χ0n) is 17.5. The first-order valence-corrected chi connectivity index (χ1v) is 11.0. The number of amides is 1. The number of esters is 1. The van der Waals surface area contributed by atoms with Crippen LogP contribution in [0.2, 0.25) is 5.02 Å². The molecule has 0 saturated carbocycles. The van der Waals surface area contributed by atoms with Gasteiger partial charge in [-0.1, -0.05) is 23.7 Å². The van der Waals surface area contributed by atoms with Gasteiger partial charge in [-0.15, -0.1) is 11.3 Å². The lowest BCUT2D eigenvalue weighted by molar-refractivity contribution is -0.384. The molecule has 0 bridgehead atoms. The van der Waals surface area contributed by atoms with Crippen LogP contribution in [0.3, 0.4) is 0 Å². The number of pyridine rings is 1. The van der Waals surface area contributed by atoms with Gasteiger partial charge in [0.2, 0.25) is 0 Å². The molecular weight excluding hydrogens is 468 g/mol. The maximum absolute atomic E-state index is 13.2. The fourth-order valence-electron chi connectivity index (χ4n) is 3.43. The molecule has 1 N–H and O–H groups in total. The second-order valence-corrected chi connectivity index (χ2v) is 8.27. The predicted octanol–water partition coefficient (Wildman–Crippen LogP) is 5.36. The zero-order valence-corrected chi connectivity index (χ0v) is 19.1. The second kappa shape index (κ2) is 9.00. The zero-order chi connectivity index (χ0) is 23.7. The fourth-order valence-corrected chi connectivity index (χ4v) is 4.54. The molecule has 33 heavy (non-hydrogen) atoms. The van der Waals surface area contributed by atoms with Crippen LogP contribution in [0.15, 0.2) is 48.0 Å². The summed E-state index contributed by atoms with van der Waals surface area (Å²) in [6, 6.07) is 9.20. The SMILES string of the molecule is CCOC(=O)c1c(-c2cccc([N+](=O)[O-])c2)csc1NC(=O)c1c(C)nc2cc(Cl)ccn12. The lowest BCUT2D eigenvalue weighted by atomic mass is 10.0. The van der Waals surface area contributed by atoms with E-state index in [9.17, 15) is 19.7 Å². The van der Waals surface area contributed by atoms with Gasteiger partial charge in [-0.05, 0) is 25.5 Å². The smallest absolute Gasteiger partial charge is 0.341 e. The molecule has 0 aliphatic heterocycles. The standard InChI is InChI=1S/C22H17ClN4O5S/c1-3-32-22(29)18-16(13-5-4-6-15(9-13)27(30)31)11-33-21(18)25-20(28)19-12(2)24-17-10-14(23)7-8-26(17)19/h4-11H,3H2,1-2H3,(H,25,28). The summed E-state index contributed by atoms with van der Waals surface area (Å²) in [6.45, 7) is 3.50. The number of benzene rings is 1. The first-order chi connectivity index (χ1) is 15.8. The number of nitrogens with zero attached hydrogens (tertiary/aromatic N) is 3. The van der Waals surface area contributed by atoms with Gasteiger partial charge < -0.3 is 10.1 Å². The summed E-state index contributed by atoms with van der Waals surface area (Å²) >= 11 is 7.15.